The van der Waals surface area contributed by atoms with Crippen LogP contribution in [0, 0.1) is 11.3 Å². The molecule has 0 fully saturated rings. The van der Waals surface area contributed by atoms with Crippen molar-refractivity contribution in [2.75, 3.05) is 5.84 Å². The van der Waals surface area contributed by atoms with Crippen molar-refractivity contribution in [3.63, 3.8) is 0 Å². The zero-order chi connectivity index (χ0) is 11.5. The summed E-state index contributed by atoms with van der Waals surface area (Å²) in [7, 11) is 0. The molecule has 0 aliphatic carbocycles. The molecule has 0 aromatic carbocycles. The van der Waals surface area contributed by atoms with Crippen LogP contribution in [0.3, 0.4) is 0 Å². The quantitative estimate of drug-likeness (QED) is 0.663. The SMILES string of the molecule is C[C@@H](C#N)Sc1nnc(-c2cccs2)n1N. The number of thioether (sulfide) groups is 1. The van der Waals surface area contributed by atoms with E-state index in [2.05, 4.69) is 16.3 Å². The molecular formula is C9H9N5S2. The number of aromatic nitrogens is 3. The van der Waals surface area contributed by atoms with Gasteiger partial charge in [0.25, 0.3) is 0 Å². The molecule has 0 bridgehead atoms. The van der Waals surface area contributed by atoms with Crippen LogP contribution in [0.15, 0.2) is 22.7 Å². The third kappa shape index (κ3) is 2.03. The number of hydrogen-bond acceptors (Lipinski definition) is 6. The molecule has 2 aromatic heterocycles. The minimum atomic E-state index is -0.192. The maximum Gasteiger partial charge on any atom is 0.211 e. The molecule has 1 atom stereocenters. The maximum atomic E-state index is 8.71. The first-order chi connectivity index (χ1) is 7.72. The number of rotatable bonds is 3. The Hall–Kier alpha value is -1.52. The zero-order valence-corrected chi connectivity index (χ0v) is 10.1. The van der Waals surface area contributed by atoms with Gasteiger partial charge in [0.05, 0.1) is 16.2 Å². The largest absolute Gasteiger partial charge is 0.335 e. The van der Waals surface area contributed by atoms with Crippen LogP contribution in [-0.2, 0) is 0 Å². The molecule has 0 aliphatic rings. The van der Waals surface area contributed by atoms with Gasteiger partial charge >= 0.3 is 0 Å². The molecule has 0 saturated heterocycles. The molecule has 0 radical (unpaired) electrons. The van der Waals surface area contributed by atoms with Crippen LogP contribution in [0.1, 0.15) is 6.92 Å². The van der Waals surface area contributed by atoms with Gasteiger partial charge in [0.2, 0.25) is 5.16 Å². The lowest BCUT2D eigenvalue weighted by Crippen LogP contribution is -2.12. The Bertz CT molecular complexity index is 510. The molecule has 0 unspecified atom stereocenters. The van der Waals surface area contributed by atoms with E-state index in [-0.39, 0.29) is 5.25 Å². The van der Waals surface area contributed by atoms with E-state index in [4.69, 9.17) is 11.1 Å². The molecule has 82 valence electrons. The van der Waals surface area contributed by atoms with Crippen LogP contribution in [0.5, 0.6) is 0 Å². The summed E-state index contributed by atoms with van der Waals surface area (Å²) in [6.07, 6.45) is 0. The minimum absolute atomic E-state index is 0.192. The topological polar surface area (TPSA) is 80.5 Å². The van der Waals surface area contributed by atoms with Crippen LogP contribution in [0.4, 0.5) is 0 Å². The normalized spacial score (nSPS) is 12.2. The lowest BCUT2D eigenvalue weighted by atomic mass is 10.4. The van der Waals surface area contributed by atoms with Gasteiger partial charge in [-0.25, -0.2) is 4.68 Å². The Morgan fingerprint density at radius 3 is 3.06 bits per heavy atom. The highest BCUT2D eigenvalue weighted by Crippen LogP contribution is 2.26. The van der Waals surface area contributed by atoms with Crippen molar-refractivity contribution >= 4 is 23.1 Å². The number of nitriles is 1. The standard InChI is InChI=1S/C9H9N5S2/c1-6(5-10)16-9-13-12-8(14(9)11)7-3-2-4-15-7/h2-4,6H,11H2,1H3/t6-/m0/s1. The van der Waals surface area contributed by atoms with E-state index in [0.717, 1.165) is 4.88 Å². The third-order valence-electron chi connectivity index (χ3n) is 1.87. The van der Waals surface area contributed by atoms with Crippen LogP contribution in [0.2, 0.25) is 0 Å². The van der Waals surface area contributed by atoms with Gasteiger partial charge in [0, 0.05) is 0 Å². The van der Waals surface area contributed by atoms with Gasteiger partial charge in [-0.2, -0.15) is 5.26 Å². The Kier molecular flexibility index (Phi) is 3.12. The monoisotopic (exact) mass is 251 g/mol. The predicted molar refractivity (Wildman–Crippen MR) is 64.4 cm³/mol. The van der Waals surface area contributed by atoms with Gasteiger partial charge in [0.15, 0.2) is 5.82 Å². The average molecular weight is 251 g/mol. The van der Waals surface area contributed by atoms with E-state index >= 15 is 0 Å². The smallest absolute Gasteiger partial charge is 0.211 e. The summed E-state index contributed by atoms with van der Waals surface area (Å²) in [6.45, 7) is 1.80. The van der Waals surface area contributed by atoms with E-state index < -0.39 is 0 Å². The Labute approximate surface area is 101 Å². The molecule has 2 aromatic rings. The van der Waals surface area contributed by atoms with E-state index in [9.17, 15) is 0 Å². The Morgan fingerprint density at radius 2 is 2.44 bits per heavy atom. The fourth-order valence-corrected chi connectivity index (χ4v) is 2.48. The first-order valence-corrected chi connectivity index (χ1v) is 6.29. The number of nitrogens with zero attached hydrogens (tertiary/aromatic N) is 4. The highest BCUT2D eigenvalue weighted by atomic mass is 32.2. The van der Waals surface area contributed by atoms with Crippen molar-refractivity contribution in [2.24, 2.45) is 0 Å². The van der Waals surface area contributed by atoms with Crippen molar-refractivity contribution in [3.05, 3.63) is 17.5 Å². The van der Waals surface area contributed by atoms with Gasteiger partial charge in [-0.3, -0.25) is 0 Å². The van der Waals surface area contributed by atoms with E-state index in [1.165, 1.54) is 16.4 Å². The second kappa shape index (κ2) is 4.55. The fraction of sp³-hybridized carbons (Fsp3) is 0.222. The minimum Gasteiger partial charge on any atom is -0.335 e. The summed E-state index contributed by atoms with van der Waals surface area (Å²) in [4.78, 5) is 0.964. The summed E-state index contributed by atoms with van der Waals surface area (Å²) < 4.78 is 1.42. The second-order valence-corrected chi connectivity index (χ2v) is 5.30. The molecule has 7 heteroatoms. The average Bonchev–Trinajstić information content (AvgIpc) is 2.89. The van der Waals surface area contributed by atoms with Crippen molar-refractivity contribution in [1.29, 1.82) is 5.26 Å². The maximum absolute atomic E-state index is 8.71. The molecule has 16 heavy (non-hydrogen) atoms. The fourth-order valence-electron chi connectivity index (χ4n) is 1.12. The molecule has 5 nitrogen and oxygen atoms in total. The summed E-state index contributed by atoms with van der Waals surface area (Å²) >= 11 is 2.85. The van der Waals surface area contributed by atoms with Gasteiger partial charge in [0.1, 0.15) is 0 Å². The summed E-state index contributed by atoms with van der Waals surface area (Å²) in [6, 6.07) is 5.97. The van der Waals surface area contributed by atoms with Crippen LogP contribution in [0.25, 0.3) is 10.7 Å². The number of nitrogens with two attached hydrogens (primary N) is 1. The van der Waals surface area contributed by atoms with Gasteiger partial charge in [-0.15, -0.1) is 21.5 Å². The lowest BCUT2D eigenvalue weighted by molar-refractivity contribution is 0.848. The second-order valence-electron chi connectivity index (χ2n) is 3.04. The van der Waals surface area contributed by atoms with E-state index in [1.807, 2.05) is 17.5 Å². The van der Waals surface area contributed by atoms with Crippen molar-refractivity contribution in [1.82, 2.24) is 14.9 Å². The van der Waals surface area contributed by atoms with Gasteiger partial charge in [-0.1, -0.05) is 17.8 Å². The number of hydrogen-bond donors (Lipinski definition) is 1. The first kappa shape index (κ1) is 11.0. The lowest BCUT2D eigenvalue weighted by Gasteiger charge is -2.02. The highest BCUT2D eigenvalue weighted by molar-refractivity contribution is 8.00. The molecule has 2 heterocycles. The van der Waals surface area contributed by atoms with Crippen molar-refractivity contribution < 1.29 is 0 Å². The van der Waals surface area contributed by atoms with E-state index in [0.29, 0.717) is 11.0 Å². The van der Waals surface area contributed by atoms with Crippen LogP contribution < -0.4 is 5.84 Å². The molecule has 2 rings (SSSR count). The summed E-state index contributed by atoms with van der Waals surface area (Å²) in [5.41, 5.74) is 0. The molecule has 0 amide bonds. The number of nitrogen functional groups attached to an aromatic ring is 1. The zero-order valence-electron chi connectivity index (χ0n) is 8.49. The van der Waals surface area contributed by atoms with E-state index in [1.54, 1.807) is 18.3 Å². The first-order valence-electron chi connectivity index (χ1n) is 4.53. The molecule has 0 spiro atoms. The molecular weight excluding hydrogens is 242 g/mol. The van der Waals surface area contributed by atoms with Gasteiger partial charge < -0.3 is 5.84 Å². The van der Waals surface area contributed by atoms with Crippen LogP contribution >= 0.6 is 23.1 Å². The third-order valence-corrected chi connectivity index (χ3v) is 3.68. The molecule has 0 aliphatic heterocycles. The molecule has 2 N–H and O–H groups in total. The van der Waals surface area contributed by atoms with Gasteiger partial charge in [-0.05, 0) is 18.4 Å². The number of thiophene rings is 1. The summed E-state index contributed by atoms with van der Waals surface area (Å²) in [5.74, 6) is 6.49. The van der Waals surface area contributed by atoms with Crippen LogP contribution in [-0.4, -0.2) is 20.1 Å². The highest BCUT2D eigenvalue weighted by Gasteiger charge is 2.14. The Morgan fingerprint density at radius 1 is 1.62 bits per heavy atom. The van der Waals surface area contributed by atoms with Crippen molar-refractivity contribution in [2.45, 2.75) is 17.3 Å². The molecule has 0 saturated carbocycles. The van der Waals surface area contributed by atoms with Crippen molar-refractivity contribution in [3.8, 4) is 16.8 Å². The Balaban J connectivity index is 2.29. The summed E-state index contributed by atoms with van der Waals surface area (Å²) in [5, 5.41) is 19.0. The predicted octanol–water partition coefficient (Wildman–Crippen LogP) is 1.72.